The quantitative estimate of drug-likeness (QED) is 0.830. The lowest BCUT2D eigenvalue weighted by atomic mass is 10.2. The van der Waals surface area contributed by atoms with Crippen molar-refractivity contribution >= 4 is 38.5 Å². The summed E-state index contributed by atoms with van der Waals surface area (Å²) < 4.78 is 1.18. The summed E-state index contributed by atoms with van der Waals surface area (Å²) in [5, 5.41) is 6.92. The highest BCUT2D eigenvalue weighted by Crippen LogP contribution is 2.29. The molecule has 1 aromatic heterocycles. The minimum atomic E-state index is -0.140. The molecular formula is C18H23N5O2S. The average molecular weight is 373 g/mol. The second kappa shape index (κ2) is 7.59. The van der Waals surface area contributed by atoms with Gasteiger partial charge in [0, 0.05) is 26.2 Å². The predicted octanol–water partition coefficient (Wildman–Crippen LogP) is 0.813. The summed E-state index contributed by atoms with van der Waals surface area (Å²) >= 11 is 1.69. The second-order valence-corrected chi connectivity index (χ2v) is 7.71. The number of nitrogens with zero attached hydrogens (tertiary/aromatic N) is 3. The third-order valence-corrected chi connectivity index (χ3v) is 6.07. The van der Waals surface area contributed by atoms with Crippen LogP contribution in [0.5, 0.6) is 0 Å². The molecule has 2 amide bonds. The number of carbonyl (C=O) groups excluding carboxylic acids is 2. The molecule has 7 nitrogen and oxygen atoms in total. The van der Waals surface area contributed by atoms with Crippen LogP contribution in [0.15, 0.2) is 24.3 Å². The number of aromatic nitrogens is 1. The Morgan fingerprint density at radius 2 is 2.04 bits per heavy atom. The molecule has 1 atom stereocenters. The molecular weight excluding hydrogens is 350 g/mol. The number of hydrogen-bond acceptors (Lipinski definition) is 6. The molecule has 1 unspecified atom stereocenters. The molecule has 0 aliphatic carbocycles. The standard InChI is InChI=1S/C18H23N5O2S/c24-16(12-20-17(25)14-5-3-7-19-14)22-8-10-23(11-9-22)18-21-13-4-1-2-6-15(13)26-18/h1-2,4,6,14,19H,3,5,7-12H2,(H,20,25). The smallest absolute Gasteiger partial charge is 0.242 e. The van der Waals surface area contributed by atoms with Crippen LogP contribution in [0, 0.1) is 0 Å². The molecule has 0 bridgehead atoms. The molecule has 2 saturated heterocycles. The Balaban J connectivity index is 1.27. The summed E-state index contributed by atoms with van der Waals surface area (Å²) in [6.45, 7) is 3.81. The third-order valence-electron chi connectivity index (χ3n) is 4.98. The SMILES string of the molecule is O=C(NCC(=O)N1CCN(c2nc3ccccc3s2)CC1)C1CCCN1. The van der Waals surface area contributed by atoms with Crippen molar-refractivity contribution in [1.82, 2.24) is 20.5 Å². The highest BCUT2D eigenvalue weighted by atomic mass is 32.1. The fourth-order valence-electron chi connectivity index (χ4n) is 3.45. The van der Waals surface area contributed by atoms with Crippen molar-refractivity contribution in [3.63, 3.8) is 0 Å². The Labute approximate surface area is 156 Å². The fourth-order valence-corrected chi connectivity index (χ4v) is 4.47. The topological polar surface area (TPSA) is 77.6 Å². The van der Waals surface area contributed by atoms with Gasteiger partial charge in [-0.05, 0) is 31.5 Å². The van der Waals surface area contributed by atoms with Crippen LogP contribution in [0.3, 0.4) is 0 Å². The molecule has 2 aliphatic heterocycles. The van der Waals surface area contributed by atoms with Crippen LogP contribution in [0.1, 0.15) is 12.8 Å². The Morgan fingerprint density at radius 3 is 2.77 bits per heavy atom. The van der Waals surface area contributed by atoms with E-state index in [-0.39, 0.29) is 24.4 Å². The van der Waals surface area contributed by atoms with Crippen LogP contribution in [-0.2, 0) is 9.59 Å². The lowest BCUT2D eigenvalue weighted by Gasteiger charge is -2.34. The second-order valence-electron chi connectivity index (χ2n) is 6.70. The highest BCUT2D eigenvalue weighted by Gasteiger charge is 2.25. The van der Waals surface area contributed by atoms with E-state index in [0.717, 1.165) is 43.1 Å². The van der Waals surface area contributed by atoms with E-state index < -0.39 is 0 Å². The minimum Gasteiger partial charge on any atom is -0.346 e. The molecule has 2 aromatic rings. The van der Waals surface area contributed by atoms with Crippen LogP contribution in [0.25, 0.3) is 10.2 Å². The van der Waals surface area contributed by atoms with Crippen LogP contribution in [0.2, 0.25) is 0 Å². The maximum absolute atomic E-state index is 12.4. The van der Waals surface area contributed by atoms with Gasteiger partial charge >= 0.3 is 0 Å². The van der Waals surface area contributed by atoms with Gasteiger partial charge in [-0.3, -0.25) is 9.59 Å². The maximum atomic E-state index is 12.4. The van der Waals surface area contributed by atoms with Gasteiger partial charge in [0.05, 0.1) is 22.8 Å². The number of carbonyl (C=O) groups is 2. The molecule has 0 saturated carbocycles. The largest absolute Gasteiger partial charge is 0.346 e. The van der Waals surface area contributed by atoms with E-state index in [0.29, 0.717) is 13.1 Å². The first kappa shape index (κ1) is 17.2. The lowest BCUT2D eigenvalue weighted by Crippen LogP contribution is -2.52. The normalized spacial score (nSPS) is 20.5. The van der Waals surface area contributed by atoms with Crippen molar-refractivity contribution < 1.29 is 9.59 Å². The Hall–Kier alpha value is -2.19. The number of anilines is 1. The summed E-state index contributed by atoms with van der Waals surface area (Å²) in [4.78, 5) is 33.1. The number of thiazole rings is 1. The first-order valence-electron chi connectivity index (χ1n) is 9.10. The van der Waals surface area contributed by atoms with Crippen LogP contribution in [0.4, 0.5) is 5.13 Å². The minimum absolute atomic E-state index is 0.0136. The number of amides is 2. The molecule has 26 heavy (non-hydrogen) atoms. The van der Waals surface area contributed by atoms with Gasteiger partial charge in [0.25, 0.3) is 0 Å². The number of fused-ring (bicyclic) bond motifs is 1. The Morgan fingerprint density at radius 1 is 1.23 bits per heavy atom. The van der Waals surface area contributed by atoms with Gasteiger partial charge in [-0.15, -0.1) is 0 Å². The molecule has 2 aliphatic rings. The molecule has 3 heterocycles. The Bertz CT molecular complexity index is 761. The van der Waals surface area contributed by atoms with Gasteiger partial charge in [0.2, 0.25) is 11.8 Å². The zero-order chi connectivity index (χ0) is 17.9. The summed E-state index contributed by atoms with van der Waals surface area (Å²) in [5.74, 6) is -0.0794. The monoisotopic (exact) mass is 373 g/mol. The highest BCUT2D eigenvalue weighted by molar-refractivity contribution is 7.22. The van der Waals surface area contributed by atoms with E-state index >= 15 is 0 Å². The number of rotatable bonds is 4. The Kier molecular flexibility index (Phi) is 5.03. The fraction of sp³-hybridized carbons (Fsp3) is 0.500. The summed E-state index contributed by atoms with van der Waals surface area (Å²) in [6, 6.07) is 7.99. The summed E-state index contributed by atoms with van der Waals surface area (Å²) in [7, 11) is 0. The number of piperazine rings is 1. The van der Waals surface area contributed by atoms with E-state index in [2.05, 4.69) is 26.6 Å². The molecule has 0 radical (unpaired) electrons. The number of hydrogen-bond donors (Lipinski definition) is 2. The lowest BCUT2D eigenvalue weighted by molar-refractivity contribution is -0.133. The molecule has 8 heteroatoms. The van der Waals surface area contributed by atoms with Crippen molar-refractivity contribution in [3.8, 4) is 0 Å². The average Bonchev–Trinajstić information content (AvgIpc) is 3.35. The van der Waals surface area contributed by atoms with E-state index in [1.165, 1.54) is 4.70 Å². The van der Waals surface area contributed by atoms with E-state index in [1.807, 2.05) is 23.1 Å². The third kappa shape index (κ3) is 3.66. The molecule has 1 aromatic carbocycles. The molecule has 0 spiro atoms. The van der Waals surface area contributed by atoms with Crippen molar-refractivity contribution in [3.05, 3.63) is 24.3 Å². The van der Waals surface area contributed by atoms with Gasteiger partial charge in [-0.1, -0.05) is 23.5 Å². The van der Waals surface area contributed by atoms with E-state index in [4.69, 9.17) is 0 Å². The van der Waals surface area contributed by atoms with E-state index in [1.54, 1.807) is 11.3 Å². The summed E-state index contributed by atoms with van der Waals surface area (Å²) in [6.07, 6.45) is 1.86. The van der Waals surface area contributed by atoms with Gasteiger partial charge < -0.3 is 20.4 Å². The predicted molar refractivity (Wildman–Crippen MR) is 102 cm³/mol. The zero-order valence-electron chi connectivity index (χ0n) is 14.6. The number of nitrogens with one attached hydrogen (secondary N) is 2. The van der Waals surface area contributed by atoms with Crippen LogP contribution < -0.4 is 15.5 Å². The van der Waals surface area contributed by atoms with Crippen molar-refractivity contribution in [2.75, 3.05) is 44.2 Å². The zero-order valence-corrected chi connectivity index (χ0v) is 15.4. The molecule has 138 valence electrons. The molecule has 2 N–H and O–H groups in total. The first-order chi connectivity index (χ1) is 12.7. The van der Waals surface area contributed by atoms with Crippen molar-refractivity contribution in [2.45, 2.75) is 18.9 Å². The van der Waals surface area contributed by atoms with E-state index in [9.17, 15) is 9.59 Å². The number of benzene rings is 1. The van der Waals surface area contributed by atoms with Gasteiger partial charge in [0.15, 0.2) is 5.13 Å². The van der Waals surface area contributed by atoms with Crippen molar-refractivity contribution in [2.24, 2.45) is 0 Å². The van der Waals surface area contributed by atoms with Crippen LogP contribution in [-0.4, -0.2) is 67.0 Å². The van der Waals surface area contributed by atoms with Crippen LogP contribution >= 0.6 is 11.3 Å². The van der Waals surface area contributed by atoms with Gasteiger partial charge in [0.1, 0.15) is 0 Å². The summed E-state index contributed by atoms with van der Waals surface area (Å²) in [5.41, 5.74) is 1.02. The number of para-hydroxylation sites is 1. The first-order valence-corrected chi connectivity index (χ1v) is 9.92. The van der Waals surface area contributed by atoms with Gasteiger partial charge in [-0.2, -0.15) is 0 Å². The van der Waals surface area contributed by atoms with Gasteiger partial charge in [-0.25, -0.2) is 4.98 Å². The maximum Gasteiger partial charge on any atom is 0.242 e. The molecule has 2 fully saturated rings. The van der Waals surface area contributed by atoms with Crippen molar-refractivity contribution in [1.29, 1.82) is 0 Å². The molecule has 4 rings (SSSR count).